The molecular weight excluding hydrogens is 1570 g/mol. The van der Waals surface area contributed by atoms with E-state index in [2.05, 4.69) is 445 Å². The number of nitrogens with zero attached hydrogens (tertiary/aromatic N) is 4. The molecule has 18 aromatic rings. The van der Waals surface area contributed by atoms with Gasteiger partial charge in [-0.1, -0.05) is 394 Å². The fourth-order valence-corrected chi connectivity index (χ4v) is 21.1. The highest BCUT2D eigenvalue weighted by Crippen LogP contribution is 2.60. The molecule has 0 bridgehead atoms. The molecule has 642 valence electrons. The molecule has 0 atom stereocenters. The molecule has 0 spiro atoms. The second-order valence-electron chi connectivity index (χ2n) is 44.0. The topological polar surface area (TPSA) is 16.3 Å². The van der Waals surface area contributed by atoms with E-state index in [0.717, 1.165) is 134 Å². The Morgan fingerprint density at radius 2 is 0.592 bits per heavy atom. The van der Waals surface area contributed by atoms with E-state index in [4.69, 9.17) is 0 Å². The third-order valence-electron chi connectivity index (χ3n) is 28.4. The average molecular weight is 1700 g/mol. The molecule has 0 radical (unpaired) electrons. The number of benzene rings is 16. The molecule has 0 unspecified atom stereocenters. The van der Waals surface area contributed by atoms with Gasteiger partial charge in [-0.15, -0.1) is 0 Å². The third-order valence-corrected chi connectivity index (χ3v) is 28.4. The van der Waals surface area contributed by atoms with Gasteiger partial charge in [0.1, 0.15) is 0 Å². The molecular formula is C125H119BN4. The number of hydrogen-bond acceptors (Lipinski definition) is 2. The van der Waals surface area contributed by atoms with E-state index in [9.17, 15) is 11.0 Å². The van der Waals surface area contributed by atoms with Gasteiger partial charge in [-0.2, -0.15) is 0 Å². The normalized spacial score (nSPS) is 14.8. The number of fused-ring (bicyclic) bond motifs is 13. The molecule has 0 amide bonds. The van der Waals surface area contributed by atoms with Gasteiger partial charge in [0, 0.05) is 77.9 Å². The van der Waals surface area contributed by atoms with Crippen LogP contribution in [-0.4, -0.2) is 15.8 Å². The molecule has 4 nitrogen and oxygen atoms in total. The summed E-state index contributed by atoms with van der Waals surface area (Å²) in [5, 5.41) is 2.27. The SMILES string of the molecule is [2H]c1c([2H])c([2H])c2c(c1[2H])c1c([2H])c([2H])c([2H])c([2H])c1n2-c1ccc2c(c1)N(c1c(-c3ccc(C(C)(C)C)cc3)cc(C(C)(C)C)cc1-c1ccc(C(C)(C)C)cc1)c1cc(C(C)(C)C)cc3c1B2c1ccc(-n2c4ccccc4c4cc5c(cc42)C(c2ccccc2)(c2ccccc2)c2ccccc2-5)cc1N3c1c(-c2ccc(C(C)(C)C)cc2)cc(C(C)(C)C)cc1-c1ccc(C(C)(C)C)cc1. The van der Waals surface area contributed by atoms with Gasteiger partial charge in [-0.3, -0.25) is 0 Å². The zero-order valence-corrected chi connectivity index (χ0v) is 79.1. The van der Waals surface area contributed by atoms with Crippen molar-refractivity contribution in [3.05, 3.63) is 401 Å². The Bertz CT molecular complexity index is 7820. The molecule has 4 heterocycles. The van der Waals surface area contributed by atoms with Crippen molar-refractivity contribution in [3.63, 3.8) is 0 Å². The molecule has 0 saturated heterocycles. The summed E-state index contributed by atoms with van der Waals surface area (Å²) in [7, 11) is 0. The lowest BCUT2D eigenvalue weighted by Crippen LogP contribution is -2.61. The highest BCUT2D eigenvalue weighted by atomic mass is 15.2. The number of rotatable bonds is 10. The third kappa shape index (κ3) is 13.6. The lowest BCUT2D eigenvalue weighted by Gasteiger charge is -2.47. The molecule has 2 aromatic heterocycles. The van der Waals surface area contributed by atoms with Crippen LogP contribution in [0.5, 0.6) is 0 Å². The Labute approximate surface area is 782 Å². The Hall–Kier alpha value is -13.2. The van der Waals surface area contributed by atoms with Gasteiger partial charge >= 0.3 is 0 Å². The summed E-state index contributed by atoms with van der Waals surface area (Å²) in [5.41, 5.74) is 33.0. The fourth-order valence-electron chi connectivity index (χ4n) is 21.1. The Morgan fingerprint density at radius 3 is 0.985 bits per heavy atom. The molecule has 0 N–H and O–H groups in total. The van der Waals surface area contributed by atoms with E-state index >= 15 is 0 Å². The highest BCUT2D eigenvalue weighted by Gasteiger charge is 2.50. The van der Waals surface area contributed by atoms with Crippen LogP contribution in [0.25, 0.3) is 111 Å². The number of aromatic nitrogens is 2. The van der Waals surface area contributed by atoms with Crippen molar-refractivity contribution in [2.24, 2.45) is 0 Å². The number of para-hydroxylation sites is 3. The largest absolute Gasteiger partial charge is 0.310 e. The highest BCUT2D eigenvalue weighted by molar-refractivity contribution is 7.00. The van der Waals surface area contributed by atoms with E-state index in [1.807, 2.05) is 6.07 Å². The zero-order chi connectivity index (χ0) is 97.5. The van der Waals surface area contributed by atoms with E-state index in [1.54, 1.807) is 4.57 Å². The van der Waals surface area contributed by atoms with Gasteiger partial charge in [0.15, 0.2) is 0 Å². The zero-order valence-electron chi connectivity index (χ0n) is 87.1. The Balaban J connectivity index is 0.966. The van der Waals surface area contributed by atoms with Crippen LogP contribution in [0.3, 0.4) is 0 Å². The summed E-state index contributed by atoms with van der Waals surface area (Å²) >= 11 is 0. The predicted octanol–water partition coefficient (Wildman–Crippen LogP) is 32.1. The molecule has 130 heavy (non-hydrogen) atoms. The van der Waals surface area contributed by atoms with E-state index in [1.165, 1.54) is 61.2 Å². The van der Waals surface area contributed by atoms with Gasteiger partial charge in [0.2, 0.25) is 0 Å². The van der Waals surface area contributed by atoms with Crippen LogP contribution in [0.15, 0.2) is 340 Å². The fraction of sp³-hybridized carbons (Fsp3) is 0.232. The van der Waals surface area contributed by atoms with E-state index in [-0.39, 0.29) is 66.4 Å². The molecule has 3 aliphatic rings. The number of anilines is 6. The van der Waals surface area contributed by atoms with Gasteiger partial charge in [-0.05, 0) is 240 Å². The molecule has 16 aromatic carbocycles. The first kappa shape index (κ1) is 74.7. The minimum absolute atomic E-state index is 0.00763. The second kappa shape index (κ2) is 29.9. The van der Waals surface area contributed by atoms with E-state index < -0.39 is 53.8 Å². The second-order valence-corrected chi connectivity index (χ2v) is 44.0. The van der Waals surface area contributed by atoms with Gasteiger partial charge in [0.05, 0.1) is 49.8 Å². The van der Waals surface area contributed by atoms with Crippen LogP contribution in [0.2, 0.25) is 0 Å². The molecule has 1 aliphatic carbocycles. The van der Waals surface area contributed by atoms with Gasteiger partial charge in [-0.25, -0.2) is 0 Å². The Morgan fingerprint density at radius 1 is 0.246 bits per heavy atom. The first-order valence-electron chi connectivity index (χ1n) is 50.4. The van der Waals surface area contributed by atoms with Crippen molar-refractivity contribution in [1.29, 1.82) is 0 Å². The summed E-state index contributed by atoms with van der Waals surface area (Å²) in [6, 6.07) is 107. The summed E-state index contributed by atoms with van der Waals surface area (Å²) in [4.78, 5) is 5.22. The van der Waals surface area contributed by atoms with Crippen LogP contribution in [0.1, 0.15) is 218 Å². The van der Waals surface area contributed by atoms with Crippen molar-refractivity contribution in [2.45, 2.75) is 189 Å². The lowest BCUT2D eigenvalue weighted by atomic mass is 9.33. The van der Waals surface area contributed by atoms with Gasteiger partial charge in [0.25, 0.3) is 6.71 Å². The van der Waals surface area contributed by atoms with Crippen molar-refractivity contribution >= 4 is 101 Å². The maximum Gasteiger partial charge on any atom is 0.252 e. The molecule has 0 saturated carbocycles. The van der Waals surface area contributed by atoms with Crippen LogP contribution >= 0.6 is 0 Å². The quantitative estimate of drug-likeness (QED) is 0.127. The maximum absolute atomic E-state index is 10.1. The van der Waals surface area contributed by atoms with Crippen LogP contribution in [0.4, 0.5) is 34.1 Å². The average Bonchev–Trinajstić information content (AvgIpc) is 1.30. The monoisotopic (exact) mass is 1700 g/mol. The van der Waals surface area contributed by atoms with Crippen LogP contribution in [0, 0.1) is 0 Å². The standard InChI is InChI=1S/C125H119BN4/c1-118(2,3)82-56-48-78(49-57-82)97-68-88(122(13,14)15)69-98(79-50-58-83(59-51-79)119(4,5)6)116(97)129-111-74-91(127-107-45-33-29-41-94(107)95-42-30-34-46-108(95)127)64-66-105(111)126-106-67-65-92(128-109-47-35-31-43-96(109)102-76-101-93-40-28-32-44-103(93)125(104(101)77-110(102)128,86-36-24-22-25-37-86)87-38-26-23-27-39-87)75-112(106)130(114-73-90(124(19,20)21)72-113(129)115(114)126)117-99(80-52-60-84(61-53-80)120(7,8)9)70-89(123(16,17)18)71-100(117)81-54-62-85(63-55-81)121(10,11)12/h22-77H,1-21H3/i29D,30D,33D,34D,41D,42D,45D,46D. The number of hydrogen-bond donors (Lipinski definition) is 0. The van der Waals surface area contributed by atoms with Crippen molar-refractivity contribution in [2.75, 3.05) is 9.80 Å². The van der Waals surface area contributed by atoms with Crippen LogP contribution < -0.4 is 26.2 Å². The first-order chi connectivity index (χ1) is 65.2. The molecule has 5 heteroatoms. The first-order valence-corrected chi connectivity index (χ1v) is 46.4. The van der Waals surface area contributed by atoms with Crippen molar-refractivity contribution in [1.82, 2.24) is 9.13 Å². The minimum atomic E-state index is -0.716. The summed E-state index contributed by atoms with van der Waals surface area (Å²) in [6.45, 7) is 47.7. The predicted molar refractivity (Wildman–Crippen MR) is 559 cm³/mol. The summed E-state index contributed by atoms with van der Waals surface area (Å²) < 4.78 is 81.9. The summed E-state index contributed by atoms with van der Waals surface area (Å²) in [6.07, 6.45) is 0. The summed E-state index contributed by atoms with van der Waals surface area (Å²) in [5.74, 6) is 0. The lowest BCUT2D eigenvalue weighted by molar-refractivity contribution is 0.589. The molecule has 0 fully saturated rings. The molecule has 21 rings (SSSR count). The van der Waals surface area contributed by atoms with Gasteiger partial charge < -0.3 is 18.9 Å². The minimum Gasteiger partial charge on any atom is -0.310 e. The smallest absolute Gasteiger partial charge is 0.252 e. The van der Waals surface area contributed by atoms with E-state index in [0.29, 0.717) is 5.69 Å². The van der Waals surface area contributed by atoms with Crippen molar-refractivity contribution in [3.8, 4) is 67.0 Å². The maximum atomic E-state index is 10.1. The van der Waals surface area contributed by atoms with Crippen LogP contribution in [-0.2, 0) is 43.3 Å². The van der Waals surface area contributed by atoms with Crippen molar-refractivity contribution < 1.29 is 11.0 Å². The molecule has 2 aliphatic heterocycles. The Kier molecular flexibility index (Phi) is 17.2.